The van der Waals surface area contributed by atoms with Gasteiger partial charge < -0.3 is 5.11 Å². The van der Waals surface area contributed by atoms with Crippen LogP contribution in [-0.2, 0) is 10.0 Å². The molecule has 0 aliphatic carbocycles. The van der Waals surface area contributed by atoms with E-state index in [1.807, 2.05) is 19.9 Å². The Morgan fingerprint density at radius 1 is 1.43 bits per heavy atom. The Morgan fingerprint density at radius 2 is 2.14 bits per heavy atom. The number of sulfonamides is 1. The topological polar surface area (TPSA) is 83.4 Å². The molecule has 0 spiro atoms. The summed E-state index contributed by atoms with van der Waals surface area (Å²) >= 11 is 0. The van der Waals surface area contributed by atoms with Crippen molar-refractivity contribution in [3.63, 3.8) is 0 Å². The first kappa shape index (κ1) is 16.3. The van der Waals surface area contributed by atoms with Crippen molar-refractivity contribution in [2.24, 2.45) is 5.92 Å². The van der Waals surface area contributed by atoms with E-state index >= 15 is 0 Å². The standard InChI is InChI=1S/C14H23N3O3S/c1-10-7-13(11(2)16-15-10)14(18)8-12-5-4-6-17(9-12)21(3,19)20/h7,12,14,18H,4-6,8-9H2,1-3H3. The fourth-order valence-corrected chi connectivity index (χ4v) is 3.81. The van der Waals surface area contributed by atoms with Crippen molar-refractivity contribution in [2.45, 2.75) is 39.2 Å². The molecule has 6 nitrogen and oxygen atoms in total. The zero-order valence-corrected chi connectivity index (χ0v) is 13.6. The van der Waals surface area contributed by atoms with Crippen LogP contribution in [0.15, 0.2) is 6.07 Å². The number of aromatic nitrogens is 2. The number of aryl methyl sites for hydroxylation is 2. The van der Waals surface area contributed by atoms with Crippen LogP contribution in [0.25, 0.3) is 0 Å². The van der Waals surface area contributed by atoms with Crippen molar-refractivity contribution in [1.29, 1.82) is 0 Å². The molecule has 21 heavy (non-hydrogen) atoms. The molecule has 7 heteroatoms. The summed E-state index contributed by atoms with van der Waals surface area (Å²) in [6, 6.07) is 1.85. The van der Waals surface area contributed by atoms with Gasteiger partial charge in [-0.05, 0) is 45.1 Å². The van der Waals surface area contributed by atoms with Gasteiger partial charge in [0.2, 0.25) is 10.0 Å². The van der Waals surface area contributed by atoms with Gasteiger partial charge in [-0.1, -0.05) is 0 Å². The first-order chi connectivity index (χ1) is 9.77. The minimum absolute atomic E-state index is 0.177. The maximum absolute atomic E-state index is 11.6. The lowest BCUT2D eigenvalue weighted by Crippen LogP contribution is -2.39. The van der Waals surface area contributed by atoms with Crippen LogP contribution in [0.2, 0.25) is 0 Å². The lowest BCUT2D eigenvalue weighted by molar-refractivity contribution is 0.121. The molecule has 1 aromatic rings. The predicted octanol–water partition coefficient (Wildman–Crippen LogP) is 1.19. The Kier molecular flexibility index (Phi) is 4.95. The molecule has 1 aliphatic rings. The summed E-state index contributed by atoms with van der Waals surface area (Å²) in [7, 11) is -3.14. The minimum atomic E-state index is -3.14. The van der Waals surface area contributed by atoms with Crippen LogP contribution in [-0.4, -0.2) is 47.4 Å². The molecule has 1 aromatic heterocycles. The molecule has 2 heterocycles. The molecule has 0 radical (unpaired) electrons. The smallest absolute Gasteiger partial charge is 0.211 e. The van der Waals surface area contributed by atoms with Crippen molar-refractivity contribution < 1.29 is 13.5 Å². The molecule has 0 amide bonds. The summed E-state index contributed by atoms with van der Waals surface area (Å²) in [5.74, 6) is 0.177. The van der Waals surface area contributed by atoms with E-state index in [1.54, 1.807) is 0 Å². The second kappa shape index (κ2) is 6.37. The van der Waals surface area contributed by atoms with Gasteiger partial charge in [0, 0.05) is 18.7 Å². The zero-order chi connectivity index (χ0) is 15.6. The summed E-state index contributed by atoms with van der Waals surface area (Å²) in [5, 5.41) is 18.4. The molecule has 0 aromatic carbocycles. The summed E-state index contributed by atoms with van der Waals surface area (Å²) in [5.41, 5.74) is 2.29. The number of hydrogen-bond donors (Lipinski definition) is 1. The van der Waals surface area contributed by atoms with E-state index in [-0.39, 0.29) is 5.92 Å². The molecule has 2 rings (SSSR count). The number of hydrogen-bond acceptors (Lipinski definition) is 5. The van der Waals surface area contributed by atoms with Crippen LogP contribution in [0.1, 0.15) is 42.3 Å². The summed E-state index contributed by atoms with van der Waals surface area (Å²) < 4.78 is 24.8. The van der Waals surface area contributed by atoms with E-state index < -0.39 is 16.1 Å². The van der Waals surface area contributed by atoms with Gasteiger partial charge in [-0.3, -0.25) is 0 Å². The highest BCUT2D eigenvalue weighted by Gasteiger charge is 2.28. The van der Waals surface area contributed by atoms with Gasteiger partial charge in [-0.2, -0.15) is 10.2 Å². The van der Waals surface area contributed by atoms with E-state index in [4.69, 9.17) is 0 Å². The van der Waals surface area contributed by atoms with Crippen LogP contribution in [0.4, 0.5) is 0 Å². The fraction of sp³-hybridized carbons (Fsp3) is 0.714. The molecule has 2 unspecified atom stereocenters. The Hall–Kier alpha value is -1.05. The first-order valence-electron chi connectivity index (χ1n) is 7.21. The SMILES string of the molecule is Cc1cc(C(O)CC2CCCN(S(C)(=O)=O)C2)c(C)nn1. The highest BCUT2D eigenvalue weighted by Crippen LogP contribution is 2.29. The second-order valence-electron chi connectivity index (χ2n) is 5.91. The zero-order valence-electron chi connectivity index (χ0n) is 12.8. The minimum Gasteiger partial charge on any atom is -0.388 e. The van der Waals surface area contributed by atoms with Gasteiger partial charge in [-0.25, -0.2) is 12.7 Å². The third-order valence-electron chi connectivity index (χ3n) is 4.01. The molecule has 118 valence electrons. The lowest BCUT2D eigenvalue weighted by Gasteiger charge is -2.32. The highest BCUT2D eigenvalue weighted by molar-refractivity contribution is 7.88. The second-order valence-corrected chi connectivity index (χ2v) is 7.89. The third kappa shape index (κ3) is 4.21. The van der Waals surface area contributed by atoms with Crippen molar-refractivity contribution >= 4 is 10.0 Å². The number of rotatable bonds is 4. The van der Waals surface area contributed by atoms with Crippen molar-refractivity contribution in [3.8, 4) is 0 Å². The van der Waals surface area contributed by atoms with Gasteiger partial charge in [0.1, 0.15) is 0 Å². The van der Waals surface area contributed by atoms with Gasteiger partial charge in [0.15, 0.2) is 0 Å². The van der Waals surface area contributed by atoms with E-state index in [0.29, 0.717) is 19.5 Å². The average molecular weight is 313 g/mol. The Balaban J connectivity index is 2.05. The number of nitrogens with zero attached hydrogens (tertiary/aromatic N) is 3. The fourth-order valence-electron chi connectivity index (χ4n) is 2.87. The van der Waals surface area contributed by atoms with Crippen LogP contribution in [0.3, 0.4) is 0 Å². The summed E-state index contributed by atoms with van der Waals surface area (Å²) in [6.45, 7) is 4.75. The maximum atomic E-state index is 11.6. The molecule has 1 fully saturated rings. The van der Waals surface area contributed by atoms with Crippen LogP contribution < -0.4 is 0 Å². The monoisotopic (exact) mass is 313 g/mol. The van der Waals surface area contributed by atoms with Crippen LogP contribution in [0.5, 0.6) is 0 Å². The first-order valence-corrected chi connectivity index (χ1v) is 9.06. The summed E-state index contributed by atoms with van der Waals surface area (Å²) in [6.07, 6.45) is 2.96. The Bertz CT molecular complexity index is 603. The molecule has 0 saturated carbocycles. The molecule has 0 bridgehead atoms. The number of aliphatic hydroxyl groups excluding tert-OH is 1. The van der Waals surface area contributed by atoms with E-state index in [2.05, 4.69) is 10.2 Å². The van der Waals surface area contributed by atoms with Gasteiger partial charge in [0.05, 0.1) is 23.7 Å². The van der Waals surface area contributed by atoms with Crippen LogP contribution >= 0.6 is 0 Å². The molecule has 2 atom stereocenters. The maximum Gasteiger partial charge on any atom is 0.211 e. The van der Waals surface area contributed by atoms with Crippen molar-refractivity contribution in [1.82, 2.24) is 14.5 Å². The van der Waals surface area contributed by atoms with Gasteiger partial charge >= 0.3 is 0 Å². The quantitative estimate of drug-likeness (QED) is 0.902. The van der Waals surface area contributed by atoms with Gasteiger partial charge in [0.25, 0.3) is 0 Å². The molecule has 1 saturated heterocycles. The Labute approximate surface area is 126 Å². The largest absolute Gasteiger partial charge is 0.388 e. The number of aliphatic hydroxyl groups is 1. The average Bonchev–Trinajstić information content (AvgIpc) is 2.41. The van der Waals surface area contributed by atoms with Gasteiger partial charge in [-0.15, -0.1) is 0 Å². The molecule has 1 aliphatic heterocycles. The van der Waals surface area contributed by atoms with E-state index in [9.17, 15) is 13.5 Å². The predicted molar refractivity (Wildman–Crippen MR) is 80.2 cm³/mol. The van der Waals surface area contributed by atoms with E-state index in [1.165, 1.54) is 10.6 Å². The van der Waals surface area contributed by atoms with Crippen LogP contribution in [0, 0.1) is 19.8 Å². The molecule has 1 N–H and O–H groups in total. The highest BCUT2D eigenvalue weighted by atomic mass is 32.2. The van der Waals surface area contributed by atoms with E-state index in [0.717, 1.165) is 29.8 Å². The third-order valence-corrected chi connectivity index (χ3v) is 5.28. The summed E-state index contributed by atoms with van der Waals surface area (Å²) in [4.78, 5) is 0. The number of piperidine rings is 1. The molecular weight excluding hydrogens is 290 g/mol. The lowest BCUT2D eigenvalue weighted by atomic mass is 9.90. The van der Waals surface area contributed by atoms with Crippen molar-refractivity contribution in [3.05, 3.63) is 23.0 Å². The molecular formula is C14H23N3O3S. The van der Waals surface area contributed by atoms with Crippen molar-refractivity contribution in [2.75, 3.05) is 19.3 Å². The Morgan fingerprint density at radius 3 is 2.81 bits per heavy atom. The normalized spacial score (nSPS) is 22.2.